The van der Waals surface area contributed by atoms with Crippen molar-refractivity contribution >= 4 is 23.2 Å². The molecule has 3 nitrogen and oxygen atoms in total. The Morgan fingerprint density at radius 2 is 2.36 bits per heavy atom. The van der Waals surface area contributed by atoms with Crippen LogP contribution in [0.3, 0.4) is 0 Å². The van der Waals surface area contributed by atoms with Crippen molar-refractivity contribution in [3.63, 3.8) is 0 Å². The second-order valence-corrected chi connectivity index (χ2v) is 3.31. The third kappa shape index (κ3) is 1.96. The van der Waals surface area contributed by atoms with Gasteiger partial charge in [-0.2, -0.15) is 0 Å². The highest BCUT2D eigenvalue weighted by Gasteiger charge is 2.07. The minimum absolute atomic E-state index is 0.324. The molecule has 2 rings (SSSR count). The molecule has 0 radical (unpaired) electrons. The van der Waals surface area contributed by atoms with Crippen molar-refractivity contribution in [2.75, 3.05) is 18.4 Å². The van der Waals surface area contributed by atoms with E-state index >= 15 is 0 Å². The summed E-state index contributed by atoms with van der Waals surface area (Å²) in [5.41, 5.74) is 0.528. The van der Waals surface area contributed by atoms with E-state index in [1.54, 1.807) is 0 Å². The van der Waals surface area contributed by atoms with Crippen molar-refractivity contribution in [2.45, 2.75) is 0 Å². The molecule has 0 spiro atoms. The molecule has 74 valence electrons. The van der Waals surface area contributed by atoms with Crippen molar-refractivity contribution in [2.24, 2.45) is 4.99 Å². The first kappa shape index (κ1) is 9.27. The molecule has 0 amide bonds. The van der Waals surface area contributed by atoms with Crippen LogP contribution < -0.4 is 10.6 Å². The minimum atomic E-state index is -0.324. The molecule has 1 aromatic carbocycles. The van der Waals surface area contributed by atoms with Gasteiger partial charge in [0.05, 0.1) is 17.3 Å². The average molecular weight is 214 g/mol. The van der Waals surface area contributed by atoms with Crippen molar-refractivity contribution in [3.8, 4) is 0 Å². The third-order valence-corrected chi connectivity index (χ3v) is 2.19. The minimum Gasteiger partial charge on any atom is -0.354 e. The molecule has 1 aromatic rings. The number of guanidine groups is 1. The van der Waals surface area contributed by atoms with E-state index < -0.39 is 0 Å². The first-order valence-electron chi connectivity index (χ1n) is 4.26. The van der Waals surface area contributed by atoms with Crippen LogP contribution in [-0.2, 0) is 0 Å². The molecule has 0 saturated carbocycles. The van der Waals surface area contributed by atoms with Crippen LogP contribution in [0.15, 0.2) is 23.2 Å². The molecule has 0 fully saturated rings. The molecule has 0 atom stereocenters. The van der Waals surface area contributed by atoms with E-state index in [0.29, 0.717) is 16.7 Å². The summed E-state index contributed by atoms with van der Waals surface area (Å²) in [5.74, 6) is 0.313. The fraction of sp³-hybridized carbons (Fsp3) is 0.222. The summed E-state index contributed by atoms with van der Waals surface area (Å²) in [6, 6.07) is 4.16. The summed E-state index contributed by atoms with van der Waals surface area (Å²) in [4.78, 5) is 4.12. The number of halogens is 2. The summed E-state index contributed by atoms with van der Waals surface area (Å²) in [7, 11) is 0. The number of nitrogens with one attached hydrogen (secondary N) is 2. The largest absolute Gasteiger partial charge is 0.354 e. The lowest BCUT2D eigenvalue weighted by molar-refractivity contribution is 0.628. The molecule has 5 heteroatoms. The lowest BCUT2D eigenvalue weighted by Crippen LogP contribution is -2.26. The van der Waals surface area contributed by atoms with Gasteiger partial charge in [-0.05, 0) is 18.2 Å². The SMILES string of the molecule is Fc1ccc(Cl)c(NC2=NCCN2)c1. The molecule has 1 aliphatic rings. The van der Waals surface area contributed by atoms with Gasteiger partial charge >= 0.3 is 0 Å². The average Bonchev–Trinajstić information content (AvgIpc) is 2.64. The monoisotopic (exact) mass is 213 g/mol. The Hall–Kier alpha value is -1.29. The lowest BCUT2D eigenvalue weighted by atomic mass is 10.3. The molecular weight excluding hydrogens is 205 g/mol. The van der Waals surface area contributed by atoms with Crippen molar-refractivity contribution in [1.82, 2.24) is 5.32 Å². The number of hydrogen-bond acceptors (Lipinski definition) is 3. The Labute approximate surface area is 86.0 Å². The van der Waals surface area contributed by atoms with Crippen LogP contribution in [0.2, 0.25) is 5.02 Å². The van der Waals surface area contributed by atoms with Crippen LogP contribution in [-0.4, -0.2) is 19.0 Å². The van der Waals surface area contributed by atoms with Crippen molar-refractivity contribution in [3.05, 3.63) is 29.0 Å². The summed E-state index contributed by atoms with van der Waals surface area (Å²) < 4.78 is 12.9. The predicted molar refractivity (Wildman–Crippen MR) is 55.3 cm³/mol. The van der Waals surface area contributed by atoms with E-state index in [1.807, 2.05) is 0 Å². The highest BCUT2D eigenvalue weighted by molar-refractivity contribution is 6.33. The zero-order chi connectivity index (χ0) is 9.97. The summed E-state index contributed by atoms with van der Waals surface area (Å²) in [6.07, 6.45) is 0. The van der Waals surface area contributed by atoms with Crippen LogP contribution in [0.4, 0.5) is 10.1 Å². The quantitative estimate of drug-likeness (QED) is 0.747. The van der Waals surface area contributed by atoms with Gasteiger partial charge < -0.3 is 10.6 Å². The number of aliphatic imine (C=N–C) groups is 1. The van der Waals surface area contributed by atoms with Crippen LogP contribution >= 0.6 is 11.6 Å². The molecule has 0 aliphatic carbocycles. The number of nitrogens with zero attached hydrogens (tertiary/aromatic N) is 1. The summed E-state index contributed by atoms with van der Waals surface area (Å²) >= 11 is 5.86. The predicted octanol–water partition coefficient (Wildman–Crippen LogP) is 1.85. The first-order chi connectivity index (χ1) is 6.75. The fourth-order valence-electron chi connectivity index (χ4n) is 1.20. The fourth-order valence-corrected chi connectivity index (χ4v) is 1.37. The molecule has 0 bridgehead atoms. The maximum atomic E-state index is 12.9. The molecule has 1 aliphatic heterocycles. The van der Waals surface area contributed by atoms with E-state index in [2.05, 4.69) is 15.6 Å². The van der Waals surface area contributed by atoms with E-state index in [4.69, 9.17) is 11.6 Å². The maximum Gasteiger partial charge on any atom is 0.195 e. The van der Waals surface area contributed by atoms with Crippen molar-refractivity contribution in [1.29, 1.82) is 0 Å². The second kappa shape index (κ2) is 3.84. The highest BCUT2D eigenvalue weighted by Crippen LogP contribution is 2.22. The zero-order valence-corrected chi connectivity index (χ0v) is 8.11. The van der Waals surface area contributed by atoms with E-state index in [-0.39, 0.29) is 5.82 Å². The van der Waals surface area contributed by atoms with Gasteiger partial charge in [-0.3, -0.25) is 4.99 Å². The van der Waals surface area contributed by atoms with Crippen LogP contribution in [0.1, 0.15) is 0 Å². The van der Waals surface area contributed by atoms with Crippen LogP contribution in [0, 0.1) is 5.82 Å². The normalized spacial score (nSPS) is 14.9. The Bertz CT molecular complexity index is 378. The van der Waals surface area contributed by atoms with Gasteiger partial charge in [-0.25, -0.2) is 4.39 Å². The standard InChI is InChI=1S/C9H9ClFN3/c10-7-2-1-6(11)5-8(7)14-9-12-3-4-13-9/h1-2,5H,3-4H2,(H2,12,13,14). The number of anilines is 1. The number of benzene rings is 1. The van der Waals surface area contributed by atoms with Gasteiger partial charge in [0.1, 0.15) is 5.82 Å². The van der Waals surface area contributed by atoms with E-state index in [9.17, 15) is 4.39 Å². The van der Waals surface area contributed by atoms with Gasteiger partial charge in [0.25, 0.3) is 0 Å². The van der Waals surface area contributed by atoms with Crippen LogP contribution in [0.5, 0.6) is 0 Å². The Morgan fingerprint density at radius 1 is 1.50 bits per heavy atom. The molecular formula is C9H9ClFN3. The third-order valence-electron chi connectivity index (χ3n) is 1.86. The molecule has 0 saturated heterocycles. The Kier molecular flexibility index (Phi) is 2.54. The smallest absolute Gasteiger partial charge is 0.195 e. The molecule has 0 aromatic heterocycles. The van der Waals surface area contributed by atoms with Gasteiger partial charge in [0, 0.05) is 6.54 Å². The Morgan fingerprint density at radius 3 is 3.07 bits per heavy atom. The van der Waals surface area contributed by atoms with Gasteiger partial charge in [0.2, 0.25) is 0 Å². The Balaban J connectivity index is 2.19. The van der Waals surface area contributed by atoms with Crippen molar-refractivity contribution < 1.29 is 4.39 Å². The van der Waals surface area contributed by atoms with Gasteiger partial charge in [0.15, 0.2) is 5.96 Å². The lowest BCUT2D eigenvalue weighted by Gasteiger charge is -2.07. The summed E-state index contributed by atoms with van der Waals surface area (Å²) in [6.45, 7) is 1.53. The number of rotatable bonds is 1. The first-order valence-corrected chi connectivity index (χ1v) is 4.64. The maximum absolute atomic E-state index is 12.9. The summed E-state index contributed by atoms with van der Waals surface area (Å²) in [5, 5.41) is 6.40. The van der Waals surface area contributed by atoms with Gasteiger partial charge in [-0.1, -0.05) is 11.6 Å². The second-order valence-electron chi connectivity index (χ2n) is 2.91. The van der Waals surface area contributed by atoms with E-state index in [0.717, 1.165) is 13.1 Å². The van der Waals surface area contributed by atoms with E-state index in [1.165, 1.54) is 18.2 Å². The molecule has 0 unspecified atom stereocenters. The molecule has 14 heavy (non-hydrogen) atoms. The zero-order valence-electron chi connectivity index (χ0n) is 7.35. The van der Waals surface area contributed by atoms with Crippen LogP contribution in [0.25, 0.3) is 0 Å². The van der Waals surface area contributed by atoms with Gasteiger partial charge in [-0.15, -0.1) is 0 Å². The molecule has 1 heterocycles. The number of hydrogen-bond donors (Lipinski definition) is 2. The topological polar surface area (TPSA) is 36.4 Å². The highest BCUT2D eigenvalue weighted by atomic mass is 35.5. The molecule has 2 N–H and O–H groups in total.